The van der Waals surface area contributed by atoms with E-state index in [1.165, 1.54) is 5.56 Å². The Hall–Kier alpha value is -2.35. The molecule has 0 radical (unpaired) electrons. The fraction of sp³-hybridized carbons (Fsp3) is 0.250. The average Bonchev–Trinajstić information content (AvgIpc) is 2.73. The third kappa shape index (κ3) is 2.45. The first-order chi connectivity index (χ1) is 10.4. The van der Waals surface area contributed by atoms with Gasteiger partial charge in [0.25, 0.3) is 5.91 Å². The Labute approximate surface area is 132 Å². The van der Waals surface area contributed by atoms with E-state index in [0.29, 0.717) is 0 Å². The Balaban J connectivity index is 2.01. The van der Waals surface area contributed by atoms with Gasteiger partial charge in [-0.05, 0) is 28.7 Å². The molecule has 0 aromatic heterocycles. The molecule has 2 aromatic carbocycles. The number of rotatable bonds is 1. The predicted molar refractivity (Wildman–Crippen MR) is 92.9 cm³/mol. The van der Waals surface area contributed by atoms with Gasteiger partial charge >= 0.3 is 0 Å². The zero-order chi connectivity index (χ0) is 15.9. The molecule has 0 bridgehead atoms. The lowest BCUT2D eigenvalue weighted by Gasteiger charge is -2.18. The third-order valence-electron chi connectivity index (χ3n) is 4.18. The van der Waals surface area contributed by atoms with E-state index < -0.39 is 0 Å². The summed E-state index contributed by atoms with van der Waals surface area (Å²) in [6, 6.07) is 16.4. The molecule has 0 atom stereocenters. The summed E-state index contributed by atoms with van der Waals surface area (Å²) >= 11 is 0. The highest BCUT2D eigenvalue weighted by molar-refractivity contribution is 6.35. The third-order valence-corrected chi connectivity index (χ3v) is 4.18. The smallest absolute Gasteiger partial charge is 0.258 e. The number of hydrogen-bond donors (Lipinski definition) is 0. The van der Waals surface area contributed by atoms with Gasteiger partial charge in [-0.1, -0.05) is 63.2 Å². The van der Waals surface area contributed by atoms with E-state index in [1.54, 1.807) is 4.90 Å². The summed E-state index contributed by atoms with van der Waals surface area (Å²) in [7, 11) is 1.82. The van der Waals surface area contributed by atoms with Gasteiger partial charge < -0.3 is 4.90 Å². The normalized spacial score (nSPS) is 16.3. The van der Waals surface area contributed by atoms with E-state index >= 15 is 0 Å². The van der Waals surface area contributed by atoms with Gasteiger partial charge in [0, 0.05) is 18.2 Å². The molecule has 0 aliphatic carbocycles. The van der Waals surface area contributed by atoms with Crippen molar-refractivity contribution < 1.29 is 4.79 Å². The molecule has 0 saturated heterocycles. The van der Waals surface area contributed by atoms with Crippen LogP contribution in [-0.4, -0.2) is 13.0 Å². The number of benzene rings is 2. The number of carbonyl (C=O) groups excluding carboxylic acids is 1. The number of anilines is 1. The molecule has 0 spiro atoms. The van der Waals surface area contributed by atoms with Crippen molar-refractivity contribution in [3.8, 4) is 0 Å². The van der Waals surface area contributed by atoms with Crippen LogP contribution in [0.4, 0.5) is 5.69 Å². The quantitative estimate of drug-likeness (QED) is 0.708. The number of nitrogens with zero attached hydrogens (tertiary/aromatic N) is 1. The maximum atomic E-state index is 12.5. The average molecular weight is 291 g/mol. The van der Waals surface area contributed by atoms with Crippen LogP contribution in [0.1, 0.15) is 37.5 Å². The summed E-state index contributed by atoms with van der Waals surface area (Å²) in [5, 5.41) is 0. The molecule has 112 valence electrons. The number of likely N-dealkylation sites (N-methyl/N-ethyl adjacent to an activating group) is 1. The SMILES string of the molecule is CN1C(=O)/C(=C\c2ccc(C(C)(C)C)cc2)c2ccccc21. The standard InChI is InChI=1S/C20H21NO/c1-20(2,3)15-11-9-14(10-12-15)13-17-16-7-5-6-8-18(16)21(4)19(17)22/h5-13H,1-4H3/b17-13-. The highest BCUT2D eigenvalue weighted by Gasteiger charge is 2.28. The second kappa shape index (κ2) is 5.13. The Kier molecular flexibility index (Phi) is 3.40. The molecule has 1 aliphatic rings. The van der Waals surface area contributed by atoms with Crippen molar-refractivity contribution in [1.29, 1.82) is 0 Å². The predicted octanol–water partition coefficient (Wildman–Crippen LogP) is 4.50. The topological polar surface area (TPSA) is 20.3 Å². The number of amides is 1. The largest absolute Gasteiger partial charge is 0.311 e. The van der Waals surface area contributed by atoms with E-state index in [1.807, 2.05) is 37.4 Å². The van der Waals surface area contributed by atoms with Crippen molar-refractivity contribution in [2.24, 2.45) is 0 Å². The van der Waals surface area contributed by atoms with E-state index in [-0.39, 0.29) is 11.3 Å². The molecule has 3 rings (SSSR count). The van der Waals surface area contributed by atoms with Crippen LogP contribution in [0, 0.1) is 0 Å². The monoisotopic (exact) mass is 291 g/mol. The van der Waals surface area contributed by atoms with Crippen molar-refractivity contribution in [3.63, 3.8) is 0 Å². The summed E-state index contributed by atoms with van der Waals surface area (Å²) in [4.78, 5) is 14.2. The molecule has 1 aliphatic heterocycles. The summed E-state index contributed by atoms with van der Waals surface area (Å²) in [5.74, 6) is 0.0566. The van der Waals surface area contributed by atoms with Crippen LogP contribution < -0.4 is 4.90 Å². The maximum Gasteiger partial charge on any atom is 0.258 e. The van der Waals surface area contributed by atoms with Gasteiger partial charge in [-0.25, -0.2) is 0 Å². The first kappa shape index (κ1) is 14.6. The van der Waals surface area contributed by atoms with E-state index in [4.69, 9.17) is 0 Å². The summed E-state index contributed by atoms with van der Waals surface area (Å²) in [6.45, 7) is 6.60. The van der Waals surface area contributed by atoms with Gasteiger partial charge in [-0.15, -0.1) is 0 Å². The Bertz CT molecular complexity index is 748. The zero-order valence-electron chi connectivity index (χ0n) is 13.6. The van der Waals surface area contributed by atoms with Crippen LogP contribution in [-0.2, 0) is 10.2 Å². The molecule has 2 nitrogen and oxygen atoms in total. The molecular weight excluding hydrogens is 270 g/mol. The van der Waals surface area contributed by atoms with E-state index in [9.17, 15) is 4.79 Å². The highest BCUT2D eigenvalue weighted by Crippen LogP contribution is 2.36. The zero-order valence-corrected chi connectivity index (χ0v) is 13.6. The van der Waals surface area contributed by atoms with E-state index in [2.05, 4.69) is 45.0 Å². The Morgan fingerprint density at radius 1 is 0.955 bits per heavy atom. The second-order valence-electron chi connectivity index (χ2n) is 6.81. The van der Waals surface area contributed by atoms with Crippen LogP contribution in [0.2, 0.25) is 0 Å². The van der Waals surface area contributed by atoms with Crippen LogP contribution in [0.25, 0.3) is 11.6 Å². The lowest BCUT2D eigenvalue weighted by Crippen LogP contribution is -2.20. The molecule has 2 aromatic rings. The van der Waals surface area contributed by atoms with Gasteiger partial charge in [0.1, 0.15) is 0 Å². The fourth-order valence-electron chi connectivity index (χ4n) is 2.78. The van der Waals surface area contributed by atoms with Crippen molar-refractivity contribution in [2.75, 3.05) is 11.9 Å². The minimum atomic E-state index is 0.0566. The second-order valence-corrected chi connectivity index (χ2v) is 6.81. The van der Waals surface area contributed by atoms with Gasteiger partial charge in [-0.2, -0.15) is 0 Å². The van der Waals surface area contributed by atoms with Gasteiger partial charge in [-0.3, -0.25) is 4.79 Å². The minimum Gasteiger partial charge on any atom is -0.311 e. The molecule has 1 amide bonds. The molecule has 0 saturated carbocycles. The maximum absolute atomic E-state index is 12.5. The van der Waals surface area contributed by atoms with Crippen LogP contribution >= 0.6 is 0 Å². The van der Waals surface area contributed by atoms with Crippen molar-refractivity contribution in [2.45, 2.75) is 26.2 Å². The molecule has 1 heterocycles. The lowest BCUT2D eigenvalue weighted by atomic mass is 9.86. The first-order valence-corrected chi connectivity index (χ1v) is 7.57. The van der Waals surface area contributed by atoms with Crippen molar-refractivity contribution in [3.05, 3.63) is 65.2 Å². The van der Waals surface area contributed by atoms with Crippen LogP contribution in [0.3, 0.4) is 0 Å². The number of carbonyl (C=O) groups is 1. The van der Waals surface area contributed by atoms with Gasteiger partial charge in [0.05, 0.1) is 5.69 Å². The number of fused-ring (bicyclic) bond motifs is 1. The number of hydrogen-bond acceptors (Lipinski definition) is 1. The van der Waals surface area contributed by atoms with E-state index in [0.717, 1.165) is 22.4 Å². The Morgan fingerprint density at radius 3 is 2.23 bits per heavy atom. The molecule has 0 fully saturated rings. The fourth-order valence-corrected chi connectivity index (χ4v) is 2.78. The number of para-hydroxylation sites is 1. The molecular formula is C20H21NO. The molecule has 0 unspecified atom stereocenters. The molecule has 0 N–H and O–H groups in total. The van der Waals surface area contributed by atoms with Crippen molar-refractivity contribution in [1.82, 2.24) is 0 Å². The minimum absolute atomic E-state index is 0.0566. The summed E-state index contributed by atoms with van der Waals surface area (Å²) < 4.78 is 0. The first-order valence-electron chi connectivity index (χ1n) is 7.57. The van der Waals surface area contributed by atoms with Crippen LogP contribution in [0.5, 0.6) is 0 Å². The molecule has 2 heteroatoms. The van der Waals surface area contributed by atoms with Crippen LogP contribution in [0.15, 0.2) is 48.5 Å². The summed E-state index contributed by atoms with van der Waals surface area (Å²) in [5.41, 5.74) is 5.25. The highest BCUT2D eigenvalue weighted by atomic mass is 16.2. The van der Waals surface area contributed by atoms with Gasteiger partial charge in [0.15, 0.2) is 0 Å². The Morgan fingerprint density at radius 2 is 1.59 bits per heavy atom. The lowest BCUT2D eigenvalue weighted by molar-refractivity contribution is -0.112. The summed E-state index contributed by atoms with van der Waals surface area (Å²) in [6.07, 6.45) is 1.98. The van der Waals surface area contributed by atoms with Gasteiger partial charge in [0.2, 0.25) is 0 Å². The molecule has 22 heavy (non-hydrogen) atoms. The van der Waals surface area contributed by atoms with Crippen molar-refractivity contribution >= 4 is 23.2 Å².